The average Bonchev–Trinajstić information content (AvgIpc) is 3.38. The van der Waals surface area contributed by atoms with Crippen LogP contribution in [0.15, 0.2) is 58.9 Å². The summed E-state index contributed by atoms with van der Waals surface area (Å²) in [7, 11) is 0. The van der Waals surface area contributed by atoms with Crippen LogP contribution in [0.4, 0.5) is 15.2 Å². The van der Waals surface area contributed by atoms with E-state index in [2.05, 4.69) is 15.5 Å². The number of ether oxygens (including phenoxy) is 1. The number of aryl methyl sites for hydroxylation is 1. The zero-order valence-electron chi connectivity index (χ0n) is 18.5. The Labute approximate surface area is 199 Å². The standard InChI is InChI=1S/C24H23FN4O2S2/c1-4-31-22-8-6-5-7-20(22)26-23-27-28-24(33-23)32-14-21(30)19-13-15(2)29(16(19)3)18-11-9-17(25)10-12-18/h5-13H,4,14H2,1-3H3,(H,26,27). The quantitative estimate of drug-likeness (QED) is 0.226. The lowest BCUT2D eigenvalue weighted by Gasteiger charge is -2.09. The summed E-state index contributed by atoms with van der Waals surface area (Å²) in [4.78, 5) is 12.9. The molecule has 4 rings (SSSR count). The average molecular weight is 483 g/mol. The van der Waals surface area contributed by atoms with Gasteiger partial charge in [0, 0.05) is 22.6 Å². The van der Waals surface area contributed by atoms with Gasteiger partial charge in [0.1, 0.15) is 11.6 Å². The van der Waals surface area contributed by atoms with Crippen LogP contribution in [-0.2, 0) is 0 Å². The number of carbonyl (C=O) groups is 1. The van der Waals surface area contributed by atoms with Crippen molar-refractivity contribution in [2.75, 3.05) is 17.7 Å². The van der Waals surface area contributed by atoms with Crippen LogP contribution in [-0.4, -0.2) is 32.9 Å². The lowest BCUT2D eigenvalue weighted by Crippen LogP contribution is -2.05. The fourth-order valence-corrected chi connectivity index (χ4v) is 5.17. The van der Waals surface area contributed by atoms with E-state index in [9.17, 15) is 9.18 Å². The van der Waals surface area contributed by atoms with E-state index in [0.717, 1.165) is 28.5 Å². The largest absolute Gasteiger partial charge is 0.492 e. The van der Waals surface area contributed by atoms with Gasteiger partial charge in [0.2, 0.25) is 5.13 Å². The van der Waals surface area contributed by atoms with Gasteiger partial charge < -0.3 is 14.6 Å². The van der Waals surface area contributed by atoms with Crippen molar-refractivity contribution in [3.05, 3.63) is 77.4 Å². The topological polar surface area (TPSA) is 69.0 Å². The molecule has 170 valence electrons. The molecule has 0 fully saturated rings. The molecule has 2 aromatic carbocycles. The highest BCUT2D eigenvalue weighted by molar-refractivity contribution is 8.01. The summed E-state index contributed by atoms with van der Waals surface area (Å²) < 4.78 is 21.6. The second-order valence-electron chi connectivity index (χ2n) is 7.24. The van der Waals surface area contributed by atoms with Gasteiger partial charge in [0.25, 0.3) is 0 Å². The van der Waals surface area contributed by atoms with Crippen molar-refractivity contribution >= 4 is 39.7 Å². The van der Waals surface area contributed by atoms with Crippen molar-refractivity contribution in [1.82, 2.24) is 14.8 Å². The van der Waals surface area contributed by atoms with Gasteiger partial charge in [0.15, 0.2) is 10.1 Å². The highest BCUT2D eigenvalue weighted by Gasteiger charge is 2.18. The maximum absolute atomic E-state index is 13.3. The second kappa shape index (κ2) is 10.2. The lowest BCUT2D eigenvalue weighted by atomic mass is 10.2. The van der Waals surface area contributed by atoms with Crippen LogP contribution in [0.25, 0.3) is 5.69 Å². The molecule has 2 aromatic heterocycles. The number of hydrogen-bond acceptors (Lipinski definition) is 7. The molecular weight excluding hydrogens is 459 g/mol. The third kappa shape index (κ3) is 5.26. The van der Waals surface area contributed by atoms with E-state index in [0.29, 0.717) is 21.6 Å². The molecule has 33 heavy (non-hydrogen) atoms. The zero-order valence-corrected chi connectivity index (χ0v) is 20.1. The van der Waals surface area contributed by atoms with Crippen LogP contribution in [0.5, 0.6) is 5.75 Å². The van der Waals surface area contributed by atoms with Crippen molar-refractivity contribution in [2.24, 2.45) is 0 Å². The van der Waals surface area contributed by atoms with Crippen molar-refractivity contribution in [3.63, 3.8) is 0 Å². The number of thioether (sulfide) groups is 1. The van der Waals surface area contributed by atoms with Crippen LogP contribution >= 0.6 is 23.1 Å². The van der Waals surface area contributed by atoms with E-state index in [-0.39, 0.29) is 17.4 Å². The number of nitrogens with one attached hydrogen (secondary N) is 1. The number of aromatic nitrogens is 3. The molecule has 2 heterocycles. The van der Waals surface area contributed by atoms with Crippen molar-refractivity contribution in [1.29, 1.82) is 0 Å². The molecule has 0 bridgehead atoms. The predicted octanol–water partition coefficient (Wildman–Crippen LogP) is 6.20. The SMILES string of the molecule is CCOc1ccccc1Nc1nnc(SCC(=O)c2cc(C)n(-c3ccc(F)cc3)c2C)s1. The fraction of sp³-hybridized carbons (Fsp3) is 0.208. The molecule has 0 unspecified atom stereocenters. The van der Waals surface area contributed by atoms with Crippen LogP contribution in [0.2, 0.25) is 0 Å². The summed E-state index contributed by atoms with van der Waals surface area (Å²) in [5, 5.41) is 12.2. The Hall–Kier alpha value is -3.17. The number of para-hydroxylation sites is 2. The zero-order chi connectivity index (χ0) is 23.4. The number of rotatable bonds is 9. The Bertz CT molecular complexity index is 1270. The molecule has 0 radical (unpaired) electrons. The van der Waals surface area contributed by atoms with Gasteiger partial charge in [-0.15, -0.1) is 10.2 Å². The molecule has 9 heteroatoms. The van der Waals surface area contributed by atoms with Gasteiger partial charge in [0.05, 0.1) is 18.0 Å². The van der Waals surface area contributed by atoms with Gasteiger partial charge in [-0.3, -0.25) is 4.79 Å². The minimum Gasteiger partial charge on any atom is -0.492 e. The van der Waals surface area contributed by atoms with Gasteiger partial charge >= 0.3 is 0 Å². The lowest BCUT2D eigenvalue weighted by molar-refractivity contribution is 0.102. The minimum absolute atomic E-state index is 0.00728. The number of hydrogen-bond donors (Lipinski definition) is 1. The van der Waals surface area contributed by atoms with Crippen molar-refractivity contribution < 1.29 is 13.9 Å². The van der Waals surface area contributed by atoms with E-state index in [1.165, 1.54) is 35.2 Å². The molecule has 0 spiro atoms. The molecule has 0 aliphatic rings. The van der Waals surface area contributed by atoms with Crippen LogP contribution in [0.1, 0.15) is 28.7 Å². The summed E-state index contributed by atoms with van der Waals surface area (Å²) >= 11 is 2.74. The Kier molecular flexibility index (Phi) is 7.10. The summed E-state index contributed by atoms with van der Waals surface area (Å²) in [5.74, 6) is 0.711. The van der Waals surface area contributed by atoms with Gasteiger partial charge in [-0.2, -0.15) is 0 Å². The molecule has 0 amide bonds. The van der Waals surface area contributed by atoms with E-state index in [1.54, 1.807) is 12.1 Å². The second-order valence-corrected chi connectivity index (χ2v) is 9.44. The molecule has 0 saturated carbocycles. The van der Waals surface area contributed by atoms with Crippen LogP contribution in [0.3, 0.4) is 0 Å². The number of ketones is 1. The van der Waals surface area contributed by atoms with Gasteiger partial charge in [-0.1, -0.05) is 35.2 Å². The molecule has 6 nitrogen and oxygen atoms in total. The first-order valence-corrected chi connectivity index (χ1v) is 12.2. The van der Waals surface area contributed by atoms with Gasteiger partial charge in [-0.25, -0.2) is 4.39 Å². The molecular formula is C24H23FN4O2S2. The number of benzene rings is 2. The van der Waals surface area contributed by atoms with Gasteiger partial charge in [-0.05, 0) is 63.2 Å². The summed E-state index contributed by atoms with van der Waals surface area (Å²) in [6.07, 6.45) is 0. The summed E-state index contributed by atoms with van der Waals surface area (Å²) in [6, 6.07) is 15.8. The Morgan fingerprint density at radius 3 is 2.67 bits per heavy atom. The van der Waals surface area contributed by atoms with E-state index < -0.39 is 0 Å². The van der Waals surface area contributed by atoms with Crippen LogP contribution < -0.4 is 10.1 Å². The highest BCUT2D eigenvalue weighted by Crippen LogP contribution is 2.32. The number of anilines is 2. The molecule has 0 aliphatic carbocycles. The first-order chi connectivity index (χ1) is 16.0. The number of nitrogens with zero attached hydrogens (tertiary/aromatic N) is 3. The molecule has 4 aromatic rings. The van der Waals surface area contributed by atoms with E-state index >= 15 is 0 Å². The molecule has 0 aliphatic heterocycles. The monoisotopic (exact) mass is 482 g/mol. The third-order valence-corrected chi connectivity index (χ3v) is 6.95. The highest BCUT2D eigenvalue weighted by atomic mass is 32.2. The van der Waals surface area contributed by atoms with E-state index in [1.807, 2.05) is 55.7 Å². The summed E-state index contributed by atoms with van der Waals surface area (Å²) in [6.45, 7) is 6.34. The van der Waals surface area contributed by atoms with E-state index in [4.69, 9.17) is 4.74 Å². The Morgan fingerprint density at radius 1 is 1.15 bits per heavy atom. The minimum atomic E-state index is -0.291. The third-order valence-electron chi connectivity index (χ3n) is 4.98. The fourth-order valence-electron chi connectivity index (χ4n) is 3.52. The predicted molar refractivity (Wildman–Crippen MR) is 131 cm³/mol. The summed E-state index contributed by atoms with van der Waals surface area (Å²) in [5.41, 5.74) is 4.04. The number of carbonyl (C=O) groups excluding carboxylic acids is 1. The molecule has 0 atom stereocenters. The maximum Gasteiger partial charge on any atom is 0.210 e. The Morgan fingerprint density at radius 2 is 1.91 bits per heavy atom. The molecule has 1 N–H and O–H groups in total. The number of halogens is 1. The molecule has 0 saturated heterocycles. The smallest absolute Gasteiger partial charge is 0.210 e. The normalized spacial score (nSPS) is 10.9. The number of Topliss-reactive ketones (excluding diaryl/α,β-unsaturated/α-hetero) is 1. The Balaban J connectivity index is 1.43. The van der Waals surface area contributed by atoms with Crippen LogP contribution in [0, 0.1) is 19.7 Å². The van der Waals surface area contributed by atoms with Crippen molar-refractivity contribution in [2.45, 2.75) is 25.1 Å². The first-order valence-electron chi connectivity index (χ1n) is 10.4. The van der Waals surface area contributed by atoms with Crippen molar-refractivity contribution in [3.8, 4) is 11.4 Å². The maximum atomic E-state index is 13.3. The first kappa shape index (κ1) is 23.0.